The van der Waals surface area contributed by atoms with E-state index in [2.05, 4.69) is 20.1 Å². The van der Waals surface area contributed by atoms with Gasteiger partial charge in [-0.3, -0.25) is 0 Å². The summed E-state index contributed by atoms with van der Waals surface area (Å²) >= 11 is 0. The number of allylic oxidation sites excluding steroid dienone is 1. The number of carboxylic acids is 1. The van der Waals surface area contributed by atoms with Gasteiger partial charge in [0.2, 0.25) is 0 Å². The van der Waals surface area contributed by atoms with E-state index in [-0.39, 0.29) is 23.4 Å². The lowest BCUT2D eigenvalue weighted by molar-refractivity contribution is -0.133. The molecule has 0 aromatic carbocycles. The number of rotatable bonds is 2. The molecule has 0 amide bonds. The van der Waals surface area contributed by atoms with Crippen LogP contribution in [0.2, 0.25) is 0 Å². The Bertz CT molecular complexity index is 399. The minimum Gasteiger partial charge on any atom is -0.478 e. The maximum atomic E-state index is 11.0. The highest BCUT2D eigenvalue weighted by Gasteiger charge is 2.48. The number of aliphatic hydroxyl groups is 1. The summed E-state index contributed by atoms with van der Waals surface area (Å²) < 4.78 is 0. The van der Waals surface area contributed by atoms with Crippen molar-refractivity contribution in [1.82, 2.24) is 0 Å². The lowest BCUT2D eigenvalue weighted by Crippen LogP contribution is -2.47. The van der Waals surface area contributed by atoms with Gasteiger partial charge in [-0.25, -0.2) is 4.79 Å². The van der Waals surface area contributed by atoms with Gasteiger partial charge in [-0.05, 0) is 43.9 Å². The fraction of sp³-hybridized carbons (Fsp3) is 0.667. The Morgan fingerprint density at radius 3 is 2.72 bits per heavy atom. The Kier molecular flexibility index (Phi) is 3.37. The monoisotopic (exact) mass is 250 g/mol. The zero-order chi connectivity index (χ0) is 13.5. The minimum atomic E-state index is -0.898. The number of fused-ring (bicyclic) bond motifs is 1. The van der Waals surface area contributed by atoms with Crippen LogP contribution in [0.5, 0.6) is 0 Å². The van der Waals surface area contributed by atoms with Crippen LogP contribution >= 0.6 is 0 Å². The van der Waals surface area contributed by atoms with Crippen LogP contribution in [0.1, 0.15) is 39.0 Å². The lowest BCUT2D eigenvalue weighted by atomic mass is 9.55. The van der Waals surface area contributed by atoms with Gasteiger partial charge >= 0.3 is 5.97 Å². The third-order valence-corrected chi connectivity index (χ3v) is 5.11. The first-order chi connectivity index (χ1) is 8.36. The average Bonchev–Trinajstić information content (AvgIpc) is 2.33. The van der Waals surface area contributed by atoms with Gasteiger partial charge in [0.05, 0.1) is 6.10 Å². The fourth-order valence-corrected chi connectivity index (χ4v) is 3.68. The second-order valence-electron chi connectivity index (χ2n) is 6.07. The van der Waals surface area contributed by atoms with Crippen LogP contribution in [0.25, 0.3) is 0 Å². The fourth-order valence-electron chi connectivity index (χ4n) is 3.68. The summed E-state index contributed by atoms with van der Waals surface area (Å²) in [6.45, 7) is 9.94. The summed E-state index contributed by atoms with van der Waals surface area (Å²) in [6.07, 6.45) is 3.80. The van der Waals surface area contributed by atoms with Gasteiger partial charge in [0, 0.05) is 11.0 Å². The first-order valence-electron chi connectivity index (χ1n) is 6.64. The highest BCUT2D eigenvalue weighted by Crippen LogP contribution is 2.54. The topological polar surface area (TPSA) is 57.5 Å². The van der Waals surface area contributed by atoms with E-state index in [1.807, 2.05) is 0 Å². The first kappa shape index (κ1) is 13.3. The van der Waals surface area contributed by atoms with Crippen molar-refractivity contribution in [3.8, 4) is 0 Å². The third-order valence-electron chi connectivity index (χ3n) is 5.11. The standard InChI is InChI=1S/C15H22O3/c1-9-4-5-13(16)15(3)7-6-11(8-12(9)15)10(2)14(17)18/h11-13,16H,1-2,4-8H2,3H3,(H,17,18)/t11-,12-,13+,15-/m1/s1. The van der Waals surface area contributed by atoms with Crippen LogP contribution in [0.15, 0.2) is 24.3 Å². The van der Waals surface area contributed by atoms with Crippen molar-refractivity contribution >= 4 is 5.97 Å². The van der Waals surface area contributed by atoms with E-state index in [4.69, 9.17) is 5.11 Å². The van der Waals surface area contributed by atoms with E-state index < -0.39 is 5.97 Å². The average molecular weight is 250 g/mol. The predicted molar refractivity (Wildman–Crippen MR) is 70.1 cm³/mol. The summed E-state index contributed by atoms with van der Waals surface area (Å²) in [6, 6.07) is 0. The van der Waals surface area contributed by atoms with Gasteiger partial charge in [0.25, 0.3) is 0 Å². The third kappa shape index (κ3) is 2.01. The van der Waals surface area contributed by atoms with E-state index in [1.165, 1.54) is 5.57 Å². The van der Waals surface area contributed by atoms with Gasteiger partial charge in [0.15, 0.2) is 0 Å². The number of aliphatic carboxylic acids is 1. The largest absolute Gasteiger partial charge is 0.478 e. The Hall–Kier alpha value is -1.09. The normalized spacial score (nSPS) is 40.1. The molecule has 0 spiro atoms. The summed E-state index contributed by atoms with van der Waals surface area (Å²) in [5.74, 6) is -0.635. The molecule has 0 aromatic rings. The molecule has 3 nitrogen and oxygen atoms in total. The van der Waals surface area contributed by atoms with Crippen molar-refractivity contribution in [2.75, 3.05) is 0 Å². The molecular weight excluding hydrogens is 228 g/mol. The molecule has 2 N–H and O–H groups in total. The van der Waals surface area contributed by atoms with Crippen LogP contribution in [-0.2, 0) is 4.79 Å². The molecule has 0 aliphatic heterocycles. The maximum Gasteiger partial charge on any atom is 0.331 e. The minimum absolute atomic E-state index is 0.0302. The van der Waals surface area contributed by atoms with Crippen LogP contribution in [0, 0.1) is 17.3 Å². The number of hydrogen-bond acceptors (Lipinski definition) is 2. The zero-order valence-corrected chi connectivity index (χ0v) is 11.0. The molecule has 4 atom stereocenters. The van der Waals surface area contributed by atoms with Crippen molar-refractivity contribution < 1.29 is 15.0 Å². The Morgan fingerprint density at radius 2 is 2.11 bits per heavy atom. The molecule has 0 saturated heterocycles. The van der Waals surface area contributed by atoms with Crippen molar-refractivity contribution in [1.29, 1.82) is 0 Å². The highest BCUT2D eigenvalue weighted by molar-refractivity contribution is 5.86. The molecule has 0 heterocycles. The molecule has 0 radical (unpaired) electrons. The summed E-state index contributed by atoms with van der Waals surface area (Å²) in [5.41, 5.74) is 1.36. The van der Waals surface area contributed by atoms with E-state index >= 15 is 0 Å². The molecule has 0 unspecified atom stereocenters. The van der Waals surface area contributed by atoms with E-state index in [0.717, 1.165) is 32.1 Å². The summed E-state index contributed by atoms with van der Waals surface area (Å²) in [7, 11) is 0. The van der Waals surface area contributed by atoms with Crippen molar-refractivity contribution in [3.63, 3.8) is 0 Å². The van der Waals surface area contributed by atoms with Crippen LogP contribution in [-0.4, -0.2) is 22.3 Å². The van der Waals surface area contributed by atoms with Crippen LogP contribution < -0.4 is 0 Å². The Balaban J connectivity index is 2.19. The number of carboxylic acid groups (broad SMARTS) is 1. The van der Waals surface area contributed by atoms with Gasteiger partial charge in [-0.1, -0.05) is 25.7 Å². The second kappa shape index (κ2) is 4.54. The molecule has 0 bridgehead atoms. The number of carbonyl (C=O) groups is 1. The maximum absolute atomic E-state index is 11.0. The van der Waals surface area contributed by atoms with Crippen LogP contribution in [0.4, 0.5) is 0 Å². The molecule has 2 fully saturated rings. The molecule has 100 valence electrons. The first-order valence-corrected chi connectivity index (χ1v) is 6.64. The zero-order valence-electron chi connectivity index (χ0n) is 11.0. The van der Waals surface area contributed by atoms with Crippen molar-refractivity contribution in [3.05, 3.63) is 24.3 Å². The summed E-state index contributed by atoms with van der Waals surface area (Å²) in [4.78, 5) is 11.0. The number of aliphatic hydroxyl groups excluding tert-OH is 1. The summed E-state index contributed by atoms with van der Waals surface area (Å²) in [5, 5.41) is 19.3. The predicted octanol–water partition coefficient (Wildman–Crippen LogP) is 2.76. The lowest BCUT2D eigenvalue weighted by Gasteiger charge is -2.51. The molecule has 2 aliphatic rings. The van der Waals surface area contributed by atoms with E-state index in [9.17, 15) is 9.90 Å². The molecule has 18 heavy (non-hydrogen) atoms. The quantitative estimate of drug-likeness (QED) is 0.585. The number of hydrogen-bond donors (Lipinski definition) is 2. The molecule has 2 rings (SSSR count). The molecule has 2 aliphatic carbocycles. The van der Waals surface area contributed by atoms with Crippen molar-refractivity contribution in [2.45, 2.75) is 45.1 Å². The Labute approximate surface area is 108 Å². The van der Waals surface area contributed by atoms with Crippen molar-refractivity contribution in [2.24, 2.45) is 17.3 Å². The van der Waals surface area contributed by atoms with Gasteiger partial charge in [0.1, 0.15) is 0 Å². The van der Waals surface area contributed by atoms with Gasteiger partial charge in [-0.15, -0.1) is 0 Å². The van der Waals surface area contributed by atoms with E-state index in [0.29, 0.717) is 5.57 Å². The highest BCUT2D eigenvalue weighted by atomic mass is 16.4. The van der Waals surface area contributed by atoms with Gasteiger partial charge < -0.3 is 10.2 Å². The smallest absolute Gasteiger partial charge is 0.331 e. The molecule has 2 saturated carbocycles. The molecule has 3 heteroatoms. The van der Waals surface area contributed by atoms with Crippen LogP contribution in [0.3, 0.4) is 0 Å². The molecule has 0 aromatic heterocycles. The second-order valence-corrected chi connectivity index (χ2v) is 6.07. The Morgan fingerprint density at radius 1 is 1.44 bits per heavy atom. The van der Waals surface area contributed by atoms with E-state index in [1.54, 1.807) is 0 Å². The SMILES string of the molecule is C=C(C(=O)O)[C@@H]1CC[C@]2(C)[C@H](C1)C(=C)CC[C@@H]2O. The molecular formula is C15H22O3. The van der Waals surface area contributed by atoms with Gasteiger partial charge in [-0.2, -0.15) is 0 Å².